The number of aromatic nitrogens is 2. The lowest BCUT2D eigenvalue weighted by atomic mass is 9.84. The summed E-state index contributed by atoms with van der Waals surface area (Å²) in [6.07, 6.45) is 1.84. The number of benzene rings is 24. The number of nitrogens with zero attached hydrogens (tertiary/aromatic N) is 2. The van der Waals surface area contributed by atoms with Gasteiger partial charge in [-0.15, -0.1) is 0 Å². The summed E-state index contributed by atoms with van der Waals surface area (Å²) in [7, 11) is 0. The molecule has 0 amide bonds. The van der Waals surface area contributed by atoms with Crippen LogP contribution in [0.2, 0.25) is 0 Å². The highest BCUT2D eigenvalue weighted by atomic mass is 16.3. The molecule has 29 rings (SSSR count). The lowest BCUT2D eigenvalue weighted by molar-refractivity contribution is 0.669. The van der Waals surface area contributed by atoms with Crippen LogP contribution in [0.15, 0.2) is 499 Å². The van der Waals surface area contributed by atoms with Crippen molar-refractivity contribution in [3.05, 3.63) is 485 Å². The van der Waals surface area contributed by atoms with Gasteiger partial charge in [0.2, 0.25) is 0 Å². The van der Waals surface area contributed by atoms with Gasteiger partial charge < -0.3 is 17.8 Å². The van der Waals surface area contributed by atoms with E-state index in [1.54, 1.807) is 0 Å². The maximum atomic E-state index is 6.94. The average Bonchev–Trinajstić information content (AvgIpc) is 1.55. The summed E-state index contributed by atoms with van der Waals surface area (Å²) < 4.78 is 22.2. The quantitative estimate of drug-likeness (QED) is 0.135. The van der Waals surface area contributed by atoms with E-state index in [-0.39, 0.29) is 0 Å². The van der Waals surface area contributed by atoms with Gasteiger partial charge in [-0.2, -0.15) is 0 Å². The van der Waals surface area contributed by atoms with Gasteiger partial charge in [0.15, 0.2) is 0 Å². The molecule has 29 aromatic rings. The van der Waals surface area contributed by atoms with Gasteiger partial charge in [-0.3, -0.25) is 4.98 Å². The molecule has 5 nitrogen and oxygen atoms in total. The molecule has 0 fully saturated rings. The zero-order valence-corrected chi connectivity index (χ0v) is 73.8. The zero-order valence-electron chi connectivity index (χ0n) is 73.8. The third-order valence-electron chi connectivity index (χ3n) is 28.1. The van der Waals surface area contributed by atoms with Crippen molar-refractivity contribution in [2.45, 2.75) is 0 Å². The van der Waals surface area contributed by atoms with E-state index in [4.69, 9.17) is 13.3 Å². The summed E-state index contributed by atoms with van der Waals surface area (Å²) in [6, 6.07) is 172. The molecule has 0 bridgehead atoms. The molecule has 0 radical (unpaired) electrons. The Labute approximate surface area is 782 Å². The van der Waals surface area contributed by atoms with Crippen molar-refractivity contribution in [3.8, 4) is 94.8 Å². The van der Waals surface area contributed by atoms with Gasteiger partial charge in [0.25, 0.3) is 0 Å². The fourth-order valence-corrected chi connectivity index (χ4v) is 22.3. The largest absolute Gasteiger partial charge is 0.456 e. The van der Waals surface area contributed by atoms with E-state index < -0.39 is 0 Å². The molecule has 0 aliphatic carbocycles. The van der Waals surface area contributed by atoms with Gasteiger partial charge in [0, 0.05) is 66.1 Å². The molecule has 0 spiro atoms. The summed E-state index contributed by atoms with van der Waals surface area (Å²) in [5.74, 6) is 0. The first-order chi connectivity index (χ1) is 67.5. The molecule has 5 heterocycles. The van der Waals surface area contributed by atoms with E-state index in [2.05, 4.69) is 458 Å². The highest BCUT2D eigenvalue weighted by Gasteiger charge is 2.28. The average molecular weight is 1730 g/mol. The number of hydrogen-bond donors (Lipinski definition) is 0. The summed E-state index contributed by atoms with van der Waals surface area (Å²) in [5.41, 5.74) is 27.8. The molecule has 0 N–H and O–H groups in total. The Kier molecular flexibility index (Phi) is 18.3. The summed E-state index contributed by atoms with van der Waals surface area (Å²) in [6.45, 7) is 0. The molecule has 5 heteroatoms. The molecule has 0 saturated carbocycles. The Morgan fingerprint density at radius 1 is 0.169 bits per heavy atom. The Bertz CT molecular complexity index is 9790. The van der Waals surface area contributed by atoms with Crippen LogP contribution in [0.1, 0.15) is 0 Å². The molecule has 0 saturated heterocycles. The van der Waals surface area contributed by atoms with Crippen LogP contribution < -0.4 is 0 Å². The molecule has 5 aromatic heterocycles. The highest BCUT2D eigenvalue weighted by Crippen LogP contribution is 2.54. The molecular weight excluding hydrogens is 1650 g/mol. The monoisotopic (exact) mass is 1730 g/mol. The molecular formula is C131H80N2O3. The number of pyridine rings is 1. The smallest absolute Gasteiger partial charge is 0.145 e. The van der Waals surface area contributed by atoms with Gasteiger partial charge in [0.05, 0.1) is 16.7 Å². The van der Waals surface area contributed by atoms with E-state index >= 15 is 0 Å². The summed E-state index contributed by atoms with van der Waals surface area (Å²) in [5, 5.41) is 31.7. The minimum Gasteiger partial charge on any atom is -0.456 e. The molecule has 0 aliphatic heterocycles. The molecule has 24 aromatic carbocycles. The first-order valence-electron chi connectivity index (χ1n) is 46.6. The molecule has 0 unspecified atom stereocenters. The third-order valence-corrected chi connectivity index (χ3v) is 28.1. The van der Waals surface area contributed by atoms with Crippen LogP contribution in [-0.2, 0) is 0 Å². The minimum absolute atomic E-state index is 0.865. The first kappa shape index (κ1) is 77.9. The summed E-state index contributed by atoms with van der Waals surface area (Å²) >= 11 is 0. The van der Waals surface area contributed by atoms with Crippen LogP contribution in [0.5, 0.6) is 0 Å². The SMILES string of the molecule is c1ccc(-c2ccc(-c3c4ccccc4c(-c4ccc5ccccc5c4)c4ccccc34)c3c2oc2ccccc23)nc1.c1ccc(-n2c3ccccc3c3ccc(-c4ccc(-c5c6ccccc6c(-c6ccc7ccccc7c6)c6ccccc56)c5c4oc4ccccc45)cc32)cc1.c1ccc2c(-c3c4ccccc4c(-c4cccc5oc6ccccc6c45)c4ccccc34)cccc2c1. The number of furan rings is 3. The molecule has 0 atom stereocenters. The second-order valence-corrected chi connectivity index (χ2v) is 35.5. The molecule has 0 aliphatic rings. The fraction of sp³-hybridized carbons (Fsp3) is 0. The van der Waals surface area contributed by atoms with Crippen LogP contribution in [0, 0.1) is 0 Å². The number of para-hydroxylation sites is 5. The Hall–Kier alpha value is -18.0. The van der Waals surface area contributed by atoms with Crippen molar-refractivity contribution in [1.82, 2.24) is 9.55 Å². The maximum Gasteiger partial charge on any atom is 0.145 e. The highest BCUT2D eigenvalue weighted by molar-refractivity contribution is 6.31. The van der Waals surface area contributed by atoms with Crippen LogP contribution in [0.4, 0.5) is 0 Å². The maximum absolute atomic E-state index is 6.94. The number of rotatable bonds is 9. The van der Waals surface area contributed by atoms with Crippen LogP contribution in [0.3, 0.4) is 0 Å². The van der Waals surface area contributed by atoms with Crippen molar-refractivity contribution in [3.63, 3.8) is 0 Å². The normalized spacial score (nSPS) is 11.8. The van der Waals surface area contributed by atoms with Gasteiger partial charge in [-0.25, -0.2) is 0 Å². The fourth-order valence-electron chi connectivity index (χ4n) is 22.3. The number of fused-ring (bicyclic) bond motifs is 21. The Morgan fingerprint density at radius 3 is 1.01 bits per heavy atom. The Morgan fingerprint density at radius 2 is 0.507 bits per heavy atom. The second kappa shape index (κ2) is 31.9. The standard InChI is InChI=1S/C54H33NO.C41H25NO.C36H22O/c1-2-16-38(17-3-1)55-48-24-12-10-18-40(48)41-29-28-36(33-49(41)55)39-30-31-47(53-46-23-11-13-25-50(46)56-54(39)53)52-44-21-8-6-19-42(44)51(43-20-7-9-22-45(43)52)37-27-26-34-14-4-5-15-35(34)32-37;1-2-12-27-25-28(21-20-26(27)11-1)38-29-13-3-5-15-31(29)39(32-16-6-4-14-30(32)38)35-23-22-33(36-18-9-10-24-42-36)41-40(35)34-17-7-8-19-37(34)43-41;1-2-13-24-23(11-1)12-9-19-25(24)34-26-14-3-5-16-28(26)35(29-17-6-4-15-27(29)34)31-20-10-22-33-36(31)30-18-7-8-21-32(30)37-33/h1-33H;1-25H;1-22H. The van der Waals surface area contributed by atoms with Gasteiger partial charge >= 0.3 is 0 Å². The zero-order chi connectivity index (χ0) is 89.4. The topological polar surface area (TPSA) is 57.2 Å². The lowest BCUT2D eigenvalue weighted by Gasteiger charge is -2.19. The molecule has 632 valence electrons. The minimum atomic E-state index is 0.865. The van der Waals surface area contributed by atoms with Crippen molar-refractivity contribution in [2.24, 2.45) is 0 Å². The van der Waals surface area contributed by atoms with Crippen LogP contribution in [0.25, 0.3) is 279 Å². The van der Waals surface area contributed by atoms with Crippen molar-refractivity contribution in [2.75, 3.05) is 0 Å². The van der Waals surface area contributed by atoms with E-state index in [1.165, 1.54) is 185 Å². The Balaban J connectivity index is 0.000000106. The van der Waals surface area contributed by atoms with Crippen molar-refractivity contribution < 1.29 is 13.3 Å². The van der Waals surface area contributed by atoms with Crippen molar-refractivity contribution in [1.29, 1.82) is 0 Å². The van der Waals surface area contributed by atoms with E-state index in [0.717, 1.165) is 94.1 Å². The van der Waals surface area contributed by atoms with E-state index in [1.807, 2.05) is 36.5 Å². The third kappa shape index (κ3) is 12.5. The van der Waals surface area contributed by atoms with Crippen LogP contribution in [-0.4, -0.2) is 9.55 Å². The van der Waals surface area contributed by atoms with Gasteiger partial charge in [-0.1, -0.05) is 394 Å². The van der Waals surface area contributed by atoms with E-state index in [0.29, 0.717) is 0 Å². The predicted molar refractivity (Wildman–Crippen MR) is 574 cm³/mol. The summed E-state index contributed by atoms with van der Waals surface area (Å²) in [4.78, 5) is 4.68. The van der Waals surface area contributed by atoms with Gasteiger partial charge in [-0.05, 0) is 254 Å². The second-order valence-electron chi connectivity index (χ2n) is 35.5. The predicted octanol–water partition coefficient (Wildman–Crippen LogP) is 37.0. The lowest BCUT2D eigenvalue weighted by Crippen LogP contribution is -1.93. The first-order valence-corrected chi connectivity index (χ1v) is 46.6. The number of hydrogen-bond acceptors (Lipinski definition) is 4. The van der Waals surface area contributed by atoms with Crippen LogP contribution >= 0.6 is 0 Å². The molecule has 136 heavy (non-hydrogen) atoms. The van der Waals surface area contributed by atoms with Gasteiger partial charge in [0.1, 0.15) is 33.5 Å². The van der Waals surface area contributed by atoms with E-state index in [9.17, 15) is 0 Å². The van der Waals surface area contributed by atoms with Crippen molar-refractivity contribution >= 4 is 185 Å².